The molecule has 0 aromatic heterocycles. The fourth-order valence-corrected chi connectivity index (χ4v) is 3.07. The van der Waals surface area contributed by atoms with Crippen LogP contribution in [0.3, 0.4) is 0 Å². The summed E-state index contributed by atoms with van der Waals surface area (Å²) in [5.41, 5.74) is 17.2. The summed E-state index contributed by atoms with van der Waals surface area (Å²) in [5, 5.41) is 26.2. The van der Waals surface area contributed by atoms with Crippen LogP contribution in [-0.2, 0) is 25.6 Å². The number of nitrogens with one attached hydrogen (secondary N) is 3. The lowest BCUT2D eigenvalue weighted by Gasteiger charge is -2.25. The fraction of sp³-hybridized carbons (Fsp3) is 0.522. The molecular weight excluding hydrogens is 470 g/mol. The first-order chi connectivity index (χ1) is 16.8. The van der Waals surface area contributed by atoms with E-state index in [1.54, 1.807) is 26.0 Å². The lowest BCUT2D eigenvalue weighted by Crippen LogP contribution is -2.57. The molecule has 13 nitrogen and oxygen atoms in total. The third-order valence-corrected chi connectivity index (χ3v) is 5.34. The first kappa shape index (κ1) is 30.2. The van der Waals surface area contributed by atoms with Gasteiger partial charge < -0.3 is 43.4 Å². The van der Waals surface area contributed by atoms with Gasteiger partial charge in [-0.25, -0.2) is 0 Å². The van der Waals surface area contributed by atoms with Crippen LogP contribution in [0.4, 0.5) is 0 Å². The lowest BCUT2D eigenvalue weighted by atomic mass is 10.0. The Morgan fingerprint density at radius 2 is 1.47 bits per heavy atom. The van der Waals surface area contributed by atoms with Gasteiger partial charge in [0.05, 0.1) is 6.04 Å². The highest BCUT2D eigenvalue weighted by molar-refractivity contribution is 5.94. The molecule has 0 aliphatic carbocycles. The third-order valence-electron chi connectivity index (χ3n) is 5.34. The van der Waals surface area contributed by atoms with E-state index in [-0.39, 0.29) is 37.0 Å². The van der Waals surface area contributed by atoms with Crippen molar-refractivity contribution in [3.8, 4) is 5.75 Å². The van der Waals surface area contributed by atoms with Gasteiger partial charge in [0, 0.05) is 13.0 Å². The Kier molecular flexibility index (Phi) is 12.2. The summed E-state index contributed by atoms with van der Waals surface area (Å²) in [5.74, 6) is -3.44. The normalized spacial score (nSPS) is 14.1. The van der Waals surface area contributed by atoms with Crippen LogP contribution in [0.25, 0.3) is 0 Å². The number of phenols is 1. The number of carboxylic acid groups (broad SMARTS) is 1. The second kappa shape index (κ2) is 14.5. The minimum absolute atomic E-state index is 0.00433. The second-order valence-electron chi connectivity index (χ2n) is 8.78. The van der Waals surface area contributed by atoms with Crippen LogP contribution in [0.5, 0.6) is 5.75 Å². The van der Waals surface area contributed by atoms with Crippen LogP contribution in [-0.4, -0.2) is 70.6 Å². The highest BCUT2D eigenvalue weighted by Crippen LogP contribution is 2.12. The average molecular weight is 508 g/mol. The van der Waals surface area contributed by atoms with Crippen molar-refractivity contribution in [1.29, 1.82) is 0 Å². The number of aliphatic imine (C=N–C) groups is 1. The van der Waals surface area contributed by atoms with Crippen molar-refractivity contribution in [2.24, 2.45) is 28.1 Å². The first-order valence-electron chi connectivity index (χ1n) is 11.5. The SMILES string of the molecule is CC(NC(=O)C(Cc1ccc(O)cc1)NC(=O)C(CCCN=C(N)N)NC(=O)C(N)C(C)C)C(=O)O. The minimum atomic E-state index is -1.24. The number of carbonyl (C=O) groups is 4. The maximum atomic E-state index is 13.2. The van der Waals surface area contributed by atoms with Gasteiger partial charge in [0.2, 0.25) is 17.7 Å². The molecule has 1 aromatic rings. The molecule has 1 aromatic carbocycles. The van der Waals surface area contributed by atoms with E-state index in [1.807, 2.05) is 0 Å². The van der Waals surface area contributed by atoms with Gasteiger partial charge in [0.15, 0.2) is 5.96 Å². The number of nitrogens with zero attached hydrogens (tertiary/aromatic N) is 1. The summed E-state index contributed by atoms with van der Waals surface area (Å²) in [6.07, 6.45) is 0.501. The number of benzene rings is 1. The van der Waals surface area contributed by atoms with Crippen molar-refractivity contribution in [3.05, 3.63) is 29.8 Å². The van der Waals surface area contributed by atoms with E-state index in [9.17, 15) is 24.3 Å². The molecule has 0 heterocycles. The van der Waals surface area contributed by atoms with Crippen molar-refractivity contribution in [3.63, 3.8) is 0 Å². The zero-order valence-electron chi connectivity index (χ0n) is 20.7. The number of nitrogens with two attached hydrogens (primary N) is 3. The van der Waals surface area contributed by atoms with Crippen molar-refractivity contribution in [2.75, 3.05) is 6.54 Å². The maximum Gasteiger partial charge on any atom is 0.325 e. The number of carboxylic acids is 1. The van der Waals surface area contributed by atoms with E-state index in [1.165, 1.54) is 19.1 Å². The topological polar surface area (TPSA) is 235 Å². The molecule has 0 aliphatic heterocycles. The Morgan fingerprint density at radius 3 is 2.00 bits per heavy atom. The predicted molar refractivity (Wildman–Crippen MR) is 134 cm³/mol. The largest absolute Gasteiger partial charge is 0.508 e. The molecule has 3 amide bonds. The van der Waals surface area contributed by atoms with E-state index >= 15 is 0 Å². The van der Waals surface area contributed by atoms with Gasteiger partial charge in [-0.3, -0.25) is 24.2 Å². The molecule has 0 aliphatic rings. The van der Waals surface area contributed by atoms with Crippen LogP contribution in [0.1, 0.15) is 39.2 Å². The number of carbonyl (C=O) groups excluding carboxylic acids is 3. The van der Waals surface area contributed by atoms with Gasteiger partial charge in [-0.2, -0.15) is 0 Å². The van der Waals surface area contributed by atoms with E-state index < -0.39 is 47.9 Å². The monoisotopic (exact) mass is 507 g/mol. The summed E-state index contributed by atoms with van der Waals surface area (Å²) >= 11 is 0. The van der Waals surface area contributed by atoms with Crippen molar-refractivity contribution in [1.82, 2.24) is 16.0 Å². The Hall–Kier alpha value is -3.87. The molecule has 0 fully saturated rings. The summed E-state index contributed by atoms with van der Waals surface area (Å²) in [6.45, 7) is 5.03. The molecule has 0 spiro atoms. The zero-order chi connectivity index (χ0) is 27.4. The summed E-state index contributed by atoms with van der Waals surface area (Å²) in [4.78, 5) is 53.7. The van der Waals surface area contributed by atoms with Gasteiger partial charge in [0.25, 0.3) is 0 Å². The Bertz CT molecular complexity index is 931. The summed E-state index contributed by atoms with van der Waals surface area (Å²) in [6, 6.07) is 1.71. The predicted octanol–water partition coefficient (Wildman–Crippen LogP) is -1.47. The van der Waals surface area contributed by atoms with E-state index in [4.69, 9.17) is 22.3 Å². The Morgan fingerprint density at radius 1 is 0.917 bits per heavy atom. The van der Waals surface area contributed by atoms with Crippen LogP contribution in [0.15, 0.2) is 29.3 Å². The highest BCUT2D eigenvalue weighted by atomic mass is 16.4. The summed E-state index contributed by atoms with van der Waals surface area (Å²) < 4.78 is 0. The molecule has 0 radical (unpaired) electrons. The zero-order valence-corrected chi connectivity index (χ0v) is 20.7. The average Bonchev–Trinajstić information content (AvgIpc) is 2.80. The van der Waals surface area contributed by atoms with Crippen molar-refractivity contribution in [2.45, 2.75) is 64.2 Å². The van der Waals surface area contributed by atoms with Gasteiger partial charge >= 0.3 is 5.97 Å². The van der Waals surface area contributed by atoms with Crippen LogP contribution < -0.4 is 33.2 Å². The van der Waals surface area contributed by atoms with Gasteiger partial charge in [-0.05, 0) is 43.4 Å². The Balaban J connectivity index is 3.11. The smallest absolute Gasteiger partial charge is 0.325 e. The van der Waals surface area contributed by atoms with Gasteiger partial charge in [0.1, 0.15) is 23.9 Å². The molecule has 11 N–H and O–H groups in total. The molecular formula is C23H37N7O6. The molecule has 13 heteroatoms. The molecule has 0 saturated heterocycles. The molecule has 4 unspecified atom stereocenters. The van der Waals surface area contributed by atoms with Crippen LogP contribution in [0.2, 0.25) is 0 Å². The molecule has 1 rings (SSSR count). The maximum absolute atomic E-state index is 13.2. The Labute approximate surface area is 209 Å². The lowest BCUT2D eigenvalue weighted by molar-refractivity contribution is -0.141. The van der Waals surface area contributed by atoms with E-state index in [0.717, 1.165) is 0 Å². The first-order valence-corrected chi connectivity index (χ1v) is 11.5. The fourth-order valence-electron chi connectivity index (χ4n) is 3.07. The van der Waals surface area contributed by atoms with Crippen LogP contribution in [0, 0.1) is 5.92 Å². The number of rotatable bonds is 14. The number of guanidine groups is 1. The standard InChI is InChI=1S/C23H37N7O6/c1-12(2)18(24)21(34)29-16(5-4-10-27-23(25)26)19(32)30-17(20(33)28-13(3)22(35)36)11-14-6-8-15(31)9-7-14/h6-9,12-13,16-18,31H,4-5,10-11,24H2,1-3H3,(H,28,33)(H,29,34)(H,30,32)(H,35,36)(H4,25,26,27). The number of amides is 3. The minimum Gasteiger partial charge on any atom is -0.508 e. The number of aromatic hydroxyl groups is 1. The van der Waals surface area contributed by atoms with Gasteiger partial charge in [-0.1, -0.05) is 26.0 Å². The number of hydrogen-bond donors (Lipinski definition) is 8. The summed E-state index contributed by atoms with van der Waals surface area (Å²) in [7, 11) is 0. The van der Waals surface area contributed by atoms with E-state index in [0.29, 0.717) is 12.0 Å². The van der Waals surface area contributed by atoms with Crippen LogP contribution >= 0.6 is 0 Å². The van der Waals surface area contributed by atoms with E-state index in [2.05, 4.69) is 20.9 Å². The highest BCUT2D eigenvalue weighted by Gasteiger charge is 2.30. The molecule has 4 atom stereocenters. The molecule has 36 heavy (non-hydrogen) atoms. The quantitative estimate of drug-likeness (QED) is 0.0832. The molecule has 200 valence electrons. The number of hydrogen-bond acceptors (Lipinski definition) is 7. The van der Waals surface area contributed by atoms with Crippen molar-refractivity contribution >= 4 is 29.7 Å². The number of phenolic OH excluding ortho intramolecular Hbond substituents is 1. The van der Waals surface area contributed by atoms with Crippen molar-refractivity contribution < 1.29 is 29.4 Å². The van der Waals surface area contributed by atoms with Gasteiger partial charge in [-0.15, -0.1) is 0 Å². The molecule has 0 saturated carbocycles. The second-order valence-corrected chi connectivity index (χ2v) is 8.78. The number of aliphatic carboxylic acids is 1. The molecule has 0 bridgehead atoms. The third kappa shape index (κ3) is 10.6.